The Morgan fingerprint density at radius 3 is 2.44 bits per heavy atom. The Kier molecular flexibility index (Phi) is 6.89. The Hall–Kier alpha value is -1.88. The van der Waals surface area contributed by atoms with E-state index in [0.717, 1.165) is 42.6 Å². The van der Waals surface area contributed by atoms with Gasteiger partial charge in [-0.3, -0.25) is 0 Å². The number of ether oxygens (including phenoxy) is 1. The minimum absolute atomic E-state index is 0.446. The summed E-state index contributed by atoms with van der Waals surface area (Å²) in [5, 5.41) is 1.69. The highest BCUT2D eigenvalue weighted by atomic mass is 35.5. The van der Waals surface area contributed by atoms with Gasteiger partial charge in [-0.25, -0.2) is 15.0 Å². The molecule has 140 valence electrons. The molecule has 1 aromatic carbocycles. The molecule has 0 saturated carbocycles. The van der Waals surface area contributed by atoms with Crippen LogP contribution >= 0.6 is 34.8 Å². The number of aromatic nitrogens is 3. The minimum atomic E-state index is 0.446. The third-order valence-corrected chi connectivity index (χ3v) is 5.02. The Bertz CT molecular complexity index is 917. The molecule has 0 aliphatic carbocycles. The van der Waals surface area contributed by atoms with Crippen LogP contribution < -0.4 is 4.74 Å². The summed E-state index contributed by atoms with van der Waals surface area (Å²) in [6, 6.07) is 8.89. The average Bonchev–Trinajstić information content (AvgIpc) is 2.67. The highest BCUT2D eigenvalue weighted by Crippen LogP contribution is 2.30. The van der Waals surface area contributed by atoms with Crippen molar-refractivity contribution in [2.24, 2.45) is 0 Å². The molecule has 3 rings (SSSR count). The van der Waals surface area contributed by atoms with Crippen molar-refractivity contribution in [1.82, 2.24) is 15.0 Å². The fourth-order valence-electron chi connectivity index (χ4n) is 2.62. The standard InChI is InChI=1S/C20H18Cl3N3O/c1-2-16-20(23)17(26-12-25-16)5-3-4-13-6-9-19(24-11-13)27-18-8-7-14(21)10-15(18)22/h6-12H,2-5H2,1H3. The zero-order valence-corrected chi connectivity index (χ0v) is 17.0. The molecule has 0 aliphatic heterocycles. The van der Waals surface area contributed by atoms with E-state index in [2.05, 4.69) is 15.0 Å². The molecule has 2 heterocycles. The first-order chi connectivity index (χ1) is 13.1. The average molecular weight is 423 g/mol. The lowest BCUT2D eigenvalue weighted by Gasteiger charge is -2.08. The van der Waals surface area contributed by atoms with Crippen molar-refractivity contribution >= 4 is 34.8 Å². The van der Waals surface area contributed by atoms with Crippen LogP contribution in [0.2, 0.25) is 15.1 Å². The van der Waals surface area contributed by atoms with E-state index in [0.29, 0.717) is 26.7 Å². The second-order valence-corrected chi connectivity index (χ2v) is 7.19. The normalized spacial score (nSPS) is 10.8. The number of rotatable bonds is 7. The molecular formula is C20H18Cl3N3O. The molecule has 0 bridgehead atoms. The molecule has 0 N–H and O–H groups in total. The van der Waals surface area contributed by atoms with E-state index < -0.39 is 0 Å². The van der Waals surface area contributed by atoms with Crippen LogP contribution in [-0.2, 0) is 19.3 Å². The molecule has 2 aromatic heterocycles. The molecule has 0 atom stereocenters. The van der Waals surface area contributed by atoms with Gasteiger partial charge in [-0.1, -0.05) is 47.8 Å². The lowest BCUT2D eigenvalue weighted by atomic mass is 10.1. The number of halogens is 3. The first-order valence-corrected chi connectivity index (χ1v) is 9.76. The maximum Gasteiger partial charge on any atom is 0.219 e. The Morgan fingerprint density at radius 1 is 0.926 bits per heavy atom. The molecule has 4 nitrogen and oxygen atoms in total. The smallest absolute Gasteiger partial charge is 0.219 e. The van der Waals surface area contributed by atoms with Crippen molar-refractivity contribution in [3.05, 3.63) is 74.9 Å². The van der Waals surface area contributed by atoms with Crippen molar-refractivity contribution in [2.45, 2.75) is 32.6 Å². The van der Waals surface area contributed by atoms with Crippen LogP contribution in [0, 0.1) is 0 Å². The van der Waals surface area contributed by atoms with Gasteiger partial charge in [-0.2, -0.15) is 0 Å². The fraction of sp³-hybridized carbons (Fsp3) is 0.250. The van der Waals surface area contributed by atoms with Crippen molar-refractivity contribution in [3.63, 3.8) is 0 Å². The first-order valence-electron chi connectivity index (χ1n) is 8.63. The number of hydrogen-bond acceptors (Lipinski definition) is 4. The van der Waals surface area contributed by atoms with E-state index >= 15 is 0 Å². The third-order valence-electron chi connectivity index (χ3n) is 4.05. The molecule has 0 fully saturated rings. The van der Waals surface area contributed by atoms with Crippen molar-refractivity contribution in [3.8, 4) is 11.6 Å². The van der Waals surface area contributed by atoms with Crippen LogP contribution in [-0.4, -0.2) is 15.0 Å². The van der Waals surface area contributed by atoms with E-state index in [-0.39, 0.29) is 0 Å². The van der Waals surface area contributed by atoms with Crippen LogP contribution in [0.1, 0.15) is 30.3 Å². The third kappa shape index (κ3) is 5.32. The van der Waals surface area contributed by atoms with Gasteiger partial charge in [-0.15, -0.1) is 0 Å². The largest absolute Gasteiger partial charge is 0.437 e. The zero-order valence-electron chi connectivity index (χ0n) is 14.8. The van der Waals surface area contributed by atoms with Crippen LogP contribution in [0.3, 0.4) is 0 Å². The number of aryl methyl sites for hydroxylation is 3. The van der Waals surface area contributed by atoms with Crippen LogP contribution in [0.25, 0.3) is 0 Å². The van der Waals surface area contributed by atoms with Crippen molar-refractivity contribution < 1.29 is 4.74 Å². The molecule has 0 radical (unpaired) electrons. The summed E-state index contributed by atoms with van der Waals surface area (Å²) in [6.45, 7) is 2.03. The van der Waals surface area contributed by atoms with E-state index in [1.54, 1.807) is 30.7 Å². The van der Waals surface area contributed by atoms with Crippen LogP contribution in [0.4, 0.5) is 0 Å². The monoisotopic (exact) mass is 421 g/mol. The highest BCUT2D eigenvalue weighted by molar-refractivity contribution is 6.35. The Morgan fingerprint density at radius 2 is 1.74 bits per heavy atom. The summed E-state index contributed by atoms with van der Waals surface area (Å²) >= 11 is 18.3. The number of hydrogen-bond donors (Lipinski definition) is 0. The van der Waals surface area contributed by atoms with Gasteiger partial charge in [0.1, 0.15) is 12.1 Å². The fourth-order valence-corrected chi connectivity index (χ4v) is 3.39. The Balaban J connectivity index is 1.56. The SMILES string of the molecule is CCc1ncnc(CCCc2ccc(Oc3ccc(Cl)cc3Cl)nc2)c1Cl. The first kappa shape index (κ1) is 19.9. The number of nitrogens with zero attached hydrogens (tertiary/aromatic N) is 3. The van der Waals surface area contributed by atoms with E-state index in [4.69, 9.17) is 39.5 Å². The lowest BCUT2D eigenvalue weighted by Crippen LogP contribution is -1.99. The van der Waals surface area contributed by atoms with Crippen LogP contribution in [0.5, 0.6) is 11.6 Å². The molecule has 0 amide bonds. The lowest BCUT2D eigenvalue weighted by molar-refractivity contribution is 0.462. The zero-order chi connectivity index (χ0) is 19.2. The van der Waals surface area contributed by atoms with Gasteiger partial charge in [0.15, 0.2) is 0 Å². The summed E-state index contributed by atoms with van der Waals surface area (Å²) in [5.74, 6) is 1.00. The summed E-state index contributed by atoms with van der Waals surface area (Å²) < 4.78 is 5.70. The van der Waals surface area contributed by atoms with Gasteiger partial charge >= 0.3 is 0 Å². The molecular weight excluding hydrogens is 405 g/mol. The maximum absolute atomic E-state index is 6.34. The topological polar surface area (TPSA) is 47.9 Å². The second-order valence-electron chi connectivity index (χ2n) is 5.97. The predicted octanol–water partition coefficient (Wildman–Crippen LogP) is 6.36. The van der Waals surface area contributed by atoms with Crippen LogP contribution in [0.15, 0.2) is 42.9 Å². The highest BCUT2D eigenvalue weighted by Gasteiger charge is 2.08. The van der Waals surface area contributed by atoms with Gasteiger partial charge in [0.2, 0.25) is 5.88 Å². The van der Waals surface area contributed by atoms with E-state index in [1.165, 1.54) is 0 Å². The molecule has 3 aromatic rings. The predicted molar refractivity (Wildman–Crippen MR) is 109 cm³/mol. The summed E-state index contributed by atoms with van der Waals surface area (Å²) in [5.41, 5.74) is 2.91. The summed E-state index contributed by atoms with van der Waals surface area (Å²) in [4.78, 5) is 12.8. The van der Waals surface area contributed by atoms with Gasteiger partial charge < -0.3 is 4.74 Å². The molecule has 27 heavy (non-hydrogen) atoms. The number of benzene rings is 1. The van der Waals surface area contributed by atoms with Gasteiger partial charge in [0.05, 0.1) is 21.4 Å². The second kappa shape index (κ2) is 9.36. The molecule has 0 unspecified atom stereocenters. The van der Waals surface area contributed by atoms with E-state index in [1.807, 2.05) is 19.1 Å². The molecule has 0 spiro atoms. The maximum atomic E-state index is 6.34. The van der Waals surface area contributed by atoms with Gasteiger partial charge in [0.25, 0.3) is 0 Å². The van der Waals surface area contributed by atoms with E-state index in [9.17, 15) is 0 Å². The van der Waals surface area contributed by atoms with Crippen molar-refractivity contribution in [1.29, 1.82) is 0 Å². The van der Waals surface area contributed by atoms with Gasteiger partial charge in [0, 0.05) is 17.3 Å². The van der Waals surface area contributed by atoms with Crippen molar-refractivity contribution in [2.75, 3.05) is 0 Å². The number of pyridine rings is 1. The van der Waals surface area contributed by atoms with Gasteiger partial charge in [-0.05, 0) is 49.4 Å². The molecule has 7 heteroatoms. The minimum Gasteiger partial charge on any atom is -0.437 e. The molecule has 0 saturated heterocycles. The molecule has 0 aliphatic rings. The summed E-state index contributed by atoms with van der Waals surface area (Å²) in [6.07, 6.45) is 6.78. The summed E-state index contributed by atoms with van der Waals surface area (Å²) in [7, 11) is 0. The quantitative estimate of drug-likeness (QED) is 0.444. The Labute approximate surface area is 173 Å².